The van der Waals surface area contributed by atoms with Gasteiger partial charge in [-0.1, -0.05) is 0 Å². The van der Waals surface area contributed by atoms with Crippen LogP contribution in [0.15, 0.2) is 16.7 Å². The number of aromatic nitrogens is 1. The van der Waals surface area contributed by atoms with Crippen LogP contribution in [-0.2, 0) is 0 Å². The standard InChI is InChI=1S/C13H18BrN3O2/c1-13(19)4-3-5-17(8-13)12(18)10-6-9(14)7-16-11(10)15-2/h6-7,19H,3-5,8H2,1-2H3,(H,15,16). The van der Waals surface area contributed by atoms with E-state index in [-0.39, 0.29) is 5.91 Å². The lowest BCUT2D eigenvalue weighted by atomic mass is 9.94. The van der Waals surface area contributed by atoms with Gasteiger partial charge in [-0.2, -0.15) is 0 Å². The first-order chi connectivity index (χ1) is 8.93. The quantitative estimate of drug-likeness (QED) is 0.870. The van der Waals surface area contributed by atoms with Crippen LogP contribution in [0.1, 0.15) is 30.1 Å². The van der Waals surface area contributed by atoms with Crippen molar-refractivity contribution in [3.05, 3.63) is 22.3 Å². The lowest BCUT2D eigenvalue weighted by molar-refractivity contribution is -0.0107. The molecule has 1 aromatic rings. The molecule has 1 aromatic heterocycles. The Balaban J connectivity index is 2.26. The lowest BCUT2D eigenvalue weighted by Gasteiger charge is -2.37. The smallest absolute Gasteiger partial charge is 0.257 e. The summed E-state index contributed by atoms with van der Waals surface area (Å²) in [4.78, 5) is 18.4. The highest BCUT2D eigenvalue weighted by Crippen LogP contribution is 2.25. The number of hydrogen-bond donors (Lipinski definition) is 2. The van der Waals surface area contributed by atoms with Crippen LogP contribution in [0.4, 0.5) is 5.82 Å². The van der Waals surface area contributed by atoms with Crippen LogP contribution in [-0.4, -0.2) is 46.6 Å². The molecule has 2 heterocycles. The summed E-state index contributed by atoms with van der Waals surface area (Å²) in [5.41, 5.74) is -0.276. The van der Waals surface area contributed by atoms with Gasteiger partial charge in [0.05, 0.1) is 11.2 Å². The van der Waals surface area contributed by atoms with E-state index in [9.17, 15) is 9.90 Å². The normalized spacial score (nSPS) is 23.3. The molecule has 104 valence electrons. The van der Waals surface area contributed by atoms with E-state index in [0.717, 1.165) is 17.3 Å². The SMILES string of the molecule is CNc1ncc(Br)cc1C(=O)N1CCCC(C)(O)C1. The van der Waals surface area contributed by atoms with Gasteiger partial charge < -0.3 is 15.3 Å². The van der Waals surface area contributed by atoms with Crippen molar-refractivity contribution in [1.29, 1.82) is 0 Å². The molecule has 1 unspecified atom stereocenters. The third-order valence-electron chi connectivity index (χ3n) is 3.28. The number of halogens is 1. The third kappa shape index (κ3) is 3.25. The summed E-state index contributed by atoms with van der Waals surface area (Å²) in [7, 11) is 1.74. The molecule has 1 saturated heterocycles. The van der Waals surface area contributed by atoms with E-state index in [0.29, 0.717) is 24.5 Å². The summed E-state index contributed by atoms with van der Waals surface area (Å²) in [5, 5.41) is 13.0. The van der Waals surface area contributed by atoms with Gasteiger partial charge in [-0.15, -0.1) is 0 Å². The van der Waals surface area contributed by atoms with Crippen LogP contribution in [0.2, 0.25) is 0 Å². The monoisotopic (exact) mass is 327 g/mol. The van der Waals surface area contributed by atoms with Crippen molar-refractivity contribution in [2.24, 2.45) is 0 Å². The number of nitrogens with one attached hydrogen (secondary N) is 1. The minimum atomic E-state index is -0.798. The Morgan fingerprint density at radius 1 is 1.63 bits per heavy atom. The van der Waals surface area contributed by atoms with Gasteiger partial charge in [0, 0.05) is 30.8 Å². The molecule has 6 heteroatoms. The minimum Gasteiger partial charge on any atom is -0.388 e. The predicted molar refractivity (Wildman–Crippen MR) is 77.2 cm³/mol. The van der Waals surface area contributed by atoms with Crippen LogP contribution in [0, 0.1) is 0 Å². The van der Waals surface area contributed by atoms with E-state index in [1.807, 2.05) is 0 Å². The number of aliphatic hydroxyl groups is 1. The lowest BCUT2D eigenvalue weighted by Crippen LogP contribution is -2.48. The number of piperidine rings is 1. The molecule has 1 atom stereocenters. The summed E-state index contributed by atoms with van der Waals surface area (Å²) < 4.78 is 0.763. The van der Waals surface area contributed by atoms with Crippen molar-refractivity contribution in [2.75, 3.05) is 25.5 Å². The zero-order valence-electron chi connectivity index (χ0n) is 11.1. The maximum atomic E-state index is 12.5. The summed E-state index contributed by atoms with van der Waals surface area (Å²) >= 11 is 3.33. The second kappa shape index (κ2) is 5.46. The van der Waals surface area contributed by atoms with Crippen molar-refractivity contribution < 1.29 is 9.90 Å². The van der Waals surface area contributed by atoms with Crippen molar-refractivity contribution >= 4 is 27.7 Å². The van der Waals surface area contributed by atoms with Gasteiger partial charge in [-0.25, -0.2) is 4.98 Å². The van der Waals surface area contributed by atoms with Crippen molar-refractivity contribution in [1.82, 2.24) is 9.88 Å². The fraction of sp³-hybridized carbons (Fsp3) is 0.538. The van der Waals surface area contributed by atoms with Gasteiger partial charge in [0.25, 0.3) is 5.91 Å². The molecule has 2 rings (SSSR count). The van der Waals surface area contributed by atoms with Crippen LogP contribution >= 0.6 is 15.9 Å². The molecule has 0 spiro atoms. The molecule has 0 aliphatic carbocycles. The minimum absolute atomic E-state index is 0.0990. The average molecular weight is 328 g/mol. The van der Waals surface area contributed by atoms with Gasteiger partial charge in [-0.05, 0) is 41.8 Å². The summed E-state index contributed by atoms with van der Waals surface area (Å²) in [6.45, 7) is 2.80. The maximum Gasteiger partial charge on any atom is 0.257 e. The summed E-state index contributed by atoms with van der Waals surface area (Å²) in [6.07, 6.45) is 3.19. The Kier molecular flexibility index (Phi) is 4.10. The van der Waals surface area contributed by atoms with E-state index in [1.165, 1.54) is 0 Å². The largest absolute Gasteiger partial charge is 0.388 e. The molecule has 0 radical (unpaired) electrons. The first-order valence-electron chi connectivity index (χ1n) is 6.28. The van der Waals surface area contributed by atoms with Crippen molar-refractivity contribution in [3.8, 4) is 0 Å². The van der Waals surface area contributed by atoms with Gasteiger partial charge in [0.2, 0.25) is 0 Å². The number of carbonyl (C=O) groups excluding carboxylic acids is 1. The van der Waals surface area contributed by atoms with Crippen LogP contribution < -0.4 is 5.32 Å². The Labute approximate surface area is 121 Å². The topological polar surface area (TPSA) is 65.5 Å². The Morgan fingerprint density at radius 3 is 3.00 bits per heavy atom. The number of likely N-dealkylation sites (tertiary alicyclic amines) is 1. The number of carbonyl (C=O) groups is 1. The van der Waals surface area contributed by atoms with E-state index in [4.69, 9.17) is 0 Å². The second-order valence-electron chi connectivity index (χ2n) is 5.13. The Hall–Kier alpha value is -1.14. The first kappa shape index (κ1) is 14.3. The Morgan fingerprint density at radius 2 is 2.37 bits per heavy atom. The molecular formula is C13H18BrN3O2. The third-order valence-corrected chi connectivity index (χ3v) is 3.72. The van der Waals surface area contributed by atoms with E-state index in [1.54, 1.807) is 31.1 Å². The summed E-state index contributed by atoms with van der Waals surface area (Å²) in [6, 6.07) is 1.75. The van der Waals surface area contributed by atoms with Crippen LogP contribution in [0.25, 0.3) is 0 Å². The van der Waals surface area contributed by atoms with Crippen molar-refractivity contribution in [2.45, 2.75) is 25.4 Å². The first-order valence-corrected chi connectivity index (χ1v) is 7.07. The average Bonchev–Trinajstić information content (AvgIpc) is 2.36. The van der Waals surface area contributed by atoms with Gasteiger partial charge in [0.1, 0.15) is 5.82 Å². The van der Waals surface area contributed by atoms with Gasteiger partial charge >= 0.3 is 0 Å². The van der Waals surface area contributed by atoms with Crippen LogP contribution in [0.3, 0.4) is 0 Å². The van der Waals surface area contributed by atoms with E-state index >= 15 is 0 Å². The molecule has 19 heavy (non-hydrogen) atoms. The number of β-amino-alcohol motifs (C(OH)–C–C–N with tert-alkyl or cyclic N) is 1. The molecule has 0 saturated carbocycles. The highest BCUT2D eigenvalue weighted by Gasteiger charge is 2.32. The predicted octanol–water partition coefficient (Wildman–Crippen LogP) is 1.87. The van der Waals surface area contributed by atoms with Gasteiger partial charge in [0.15, 0.2) is 0 Å². The number of nitrogens with zero attached hydrogens (tertiary/aromatic N) is 2. The fourth-order valence-corrected chi connectivity index (χ4v) is 2.70. The zero-order valence-corrected chi connectivity index (χ0v) is 12.7. The second-order valence-corrected chi connectivity index (χ2v) is 6.04. The molecule has 2 N–H and O–H groups in total. The van der Waals surface area contributed by atoms with Crippen molar-refractivity contribution in [3.63, 3.8) is 0 Å². The molecule has 0 bridgehead atoms. The Bertz CT molecular complexity index is 491. The maximum absolute atomic E-state index is 12.5. The number of rotatable bonds is 2. The summed E-state index contributed by atoms with van der Waals surface area (Å²) in [5.74, 6) is 0.455. The molecule has 1 aliphatic heterocycles. The van der Waals surface area contributed by atoms with E-state index in [2.05, 4.69) is 26.2 Å². The number of amides is 1. The number of pyridine rings is 1. The molecule has 1 fully saturated rings. The molecule has 1 aliphatic rings. The van der Waals surface area contributed by atoms with Gasteiger partial charge in [-0.3, -0.25) is 4.79 Å². The fourth-order valence-electron chi connectivity index (χ4n) is 2.37. The molecule has 0 aromatic carbocycles. The van der Waals surface area contributed by atoms with Crippen LogP contribution in [0.5, 0.6) is 0 Å². The molecule has 1 amide bonds. The zero-order chi connectivity index (χ0) is 14.0. The highest BCUT2D eigenvalue weighted by atomic mass is 79.9. The number of hydrogen-bond acceptors (Lipinski definition) is 4. The highest BCUT2D eigenvalue weighted by molar-refractivity contribution is 9.10. The van der Waals surface area contributed by atoms with E-state index < -0.39 is 5.60 Å². The molecular weight excluding hydrogens is 310 g/mol. The number of anilines is 1. The molecule has 5 nitrogen and oxygen atoms in total.